The third kappa shape index (κ3) is 1.32. The van der Waals surface area contributed by atoms with E-state index in [1.54, 1.807) is 0 Å². The topological polar surface area (TPSA) is 17.1 Å². The first kappa shape index (κ1) is 9.38. The van der Waals surface area contributed by atoms with Crippen LogP contribution in [0.3, 0.4) is 0 Å². The first-order chi connectivity index (χ1) is 7.29. The highest BCUT2D eigenvalue weighted by Gasteiger charge is 2.46. The van der Waals surface area contributed by atoms with Crippen LogP contribution < -0.4 is 0 Å². The summed E-state index contributed by atoms with van der Waals surface area (Å²) in [5.74, 6) is 3.30. The Hall–Kier alpha value is -0.850. The van der Waals surface area contributed by atoms with Gasteiger partial charge in [0.2, 0.25) is 0 Å². The van der Waals surface area contributed by atoms with Crippen molar-refractivity contribution in [3.05, 3.63) is 24.3 Å². The van der Waals surface area contributed by atoms with Gasteiger partial charge in [0.25, 0.3) is 0 Å². The van der Waals surface area contributed by atoms with Crippen LogP contribution in [0.25, 0.3) is 0 Å². The van der Waals surface area contributed by atoms with Crippen molar-refractivity contribution in [1.29, 1.82) is 0 Å². The Morgan fingerprint density at radius 1 is 1.27 bits per heavy atom. The molecule has 0 spiro atoms. The fraction of sp³-hybridized carbons (Fsp3) is 0.643. The van der Waals surface area contributed by atoms with Crippen molar-refractivity contribution in [3.63, 3.8) is 0 Å². The number of hydrogen-bond acceptors (Lipinski definition) is 1. The lowest BCUT2D eigenvalue weighted by Crippen LogP contribution is -2.26. The van der Waals surface area contributed by atoms with Gasteiger partial charge in [0.05, 0.1) is 0 Å². The molecule has 1 nitrogen and oxygen atoms in total. The van der Waals surface area contributed by atoms with E-state index in [1.807, 2.05) is 6.08 Å². The van der Waals surface area contributed by atoms with Gasteiger partial charge in [0.15, 0.2) is 5.78 Å². The molecule has 0 saturated heterocycles. The molecular formula is C14H18O. The quantitative estimate of drug-likeness (QED) is 0.597. The van der Waals surface area contributed by atoms with Crippen LogP contribution in [-0.2, 0) is 4.79 Å². The molecule has 0 unspecified atom stereocenters. The molecular weight excluding hydrogens is 184 g/mol. The highest BCUT2D eigenvalue weighted by atomic mass is 16.1. The molecule has 0 heterocycles. The van der Waals surface area contributed by atoms with Gasteiger partial charge in [-0.2, -0.15) is 0 Å². The van der Waals surface area contributed by atoms with Crippen LogP contribution in [0, 0.1) is 23.7 Å². The summed E-state index contributed by atoms with van der Waals surface area (Å²) in [6, 6.07) is 0. The first-order valence-electron chi connectivity index (χ1n) is 6.15. The zero-order chi connectivity index (χ0) is 10.4. The maximum absolute atomic E-state index is 11.4. The van der Waals surface area contributed by atoms with Gasteiger partial charge in [-0.05, 0) is 49.0 Å². The van der Waals surface area contributed by atoms with Crippen molar-refractivity contribution in [2.45, 2.75) is 32.1 Å². The Kier molecular flexibility index (Phi) is 2.08. The first-order valence-corrected chi connectivity index (χ1v) is 6.15. The van der Waals surface area contributed by atoms with Crippen molar-refractivity contribution < 1.29 is 4.79 Å². The summed E-state index contributed by atoms with van der Waals surface area (Å²) in [5, 5.41) is 0. The Morgan fingerprint density at radius 2 is 2.13 bits per heavy atom. The maximum atomic E-state index is 11.4. The van der Waals surface area contributed by atoms with E-state index in [9.17, 15) is 4.79 Å². The Balaban J connectivity index is 1.89. The highest BCUT2D eigenvalue weighted by molar-refractivity contribution is 5.93. The molecule has 4 atom stereocenters. The molecule has 1 heteroatoms. The molecule has 3 aliphatic carbocycles. The van der Waals surface area contributed by atoms with E-state index < -0.39 is 0 Å². The molecule has 3 aliphatic rings. The van der Waals surface area contributed by atoms with E-state index in [1.165, 1.54) is 31.3 Å². The molecule has 2 fully saturated rings. The van der Waals surface area contributed by atoms with Gasteiger partial charge in [-0.25, -0.2) is 0 Å². The molecule has 0 aromatic carbocycles. The maximum Gasteiger partial charge on any atom is 0.156 e. The summed E-state index contributed by atoms with van der Waals surface area (Å²) in [4.78, 5) is 11.4. The predicted octanol–water partition coefficient (Wildman–Crippen LogP) is 3.12. The van der Waals surface area contributed by atoms with Gasteiger partial charge in [-0.15, -0.1) is 6.58 Å². The second-order valence-corrected chi connectivity index (χ2v) is 5.36. The second kappa shape index (κ2) is 3.33. The fourth-order valence-corrected chi connectivity index (χ4v) is 4.06. The van der Waals surface area contributed by atoms with Gasteiger partial charge >= 0.3 is 0 Å². The molecule has 80 valence electrons. The summed E-state index contributed by atoms with van der Waals surface area (Å²) >= 11 is 0. The van der Waals surface area contributed by atoms with E-state index in [4.69, 9.17) is 0 Å². The fourth-order valence-electron chi connectivity index (χ4n) is 4.06. The number of fused-ring (bicyclic) bond motifs is 3. The van der Waals surface area contributed by atoms with Crippen LogP contribution in [-0.4, -0.2) is 5.78 Å². The third-order valence-corrected chi connectivity index (χ3v) is 4.71. The van der Waals surface area contributed by atoms with Crippen molar-refractivity contribution in [3.8, 4) is 0 Å². The zero-order valence-electron chi connectivity index (χ0n) is 9.11. The highest BCUT2D eigenvalue weighted by Crippen LogP contribution is 2.54. The van der Waals surface area contributed by atoms with Crippen LogP contribution in [0.15, 0.2) is 24.3 Å². The molecule has 0 amide bonds. The van der Waals surface area contributed by atoms with Gasteiger partial charge < -0.3 is 0 Å². The van der Waals surface area contributed by atoms with Gasteiger partial charge in [-0.1, -0.05) is 18.1 Å². The molecule has 3 rings (SSSR count). The number of ketones is 1. The molecule has 0 aromatic heterocycles. The van der Waals surface area contributed by atoms with E-state index in [0.717, 1.165) is 18.3 Å². The van der Waals surface area contributed by atoms with E-state index >= 15 is 0 Å². The number of rotatable bonds is 1. The molecule has 15 heavy (non-hydrogen) atoms. The van der Waals surface area contributed by atoms with E-state index in [0.29, 0.717) is 17.6 Å². The zero-order valence-corrected chi connectivity index (χ0v) is 9.11. The van der Waals surface area contributed by atoms with Crippen molar-refractivity contribution in [2.24, 2.45) is 23.7 Å². The van der Waals surface area contributed by atoms with E-state index in [-0.39, 0.29) is 0 Å². The van der Waals surface area contributed by atoms with Crippen LogP contribution in [0.2, 0.25) is 0 Å². The van der Waals surface area contributed by atoms with E-state index in [2.05, 4.69) is 12.7 Å². The molecule has 0 radical (unpaired) electrons. The number of carbonyl (C=O) groups is 1. The molecule has 0 aliphatic heterocycles. The predicted molar refractivity (Wildman–Crippen MR) is 60.3 cm³/mol. The molecule has 2 saturated carbocycles. The average molecular weight is 202 g/mol. The Labute approximate surface area is 91.2 Å². The molecule has 0 bridgehead atoms. The SMILES string of the molecule is C=C[C@@H]1CCC[C@@H]2[C@H]1CC1=CC(=O)C[C@H]12. The summed E-state index contributed by atoms with van der Waals surface area (Å²) in [7, 11) is 0. The smallest absolute Gasteiger partial charge is 0.156 e. The van der Waals surface area contributed by atoms with Gasteiger partial charge in [0.1, 0.15) is 0 Å². The Bertz CT molecular complexity index is 339. The minimum atomic E-state index is 0.370. The number of allylic oxidation sites excluding steroid dienone is 3. The van der Waals surface area contributed by atoms with Crippen molar-refractivity contribution in [2.75, 3.05) is 0 Å². The summed E-state index contributed by atoms with van der Waals surface area (Å²) in [6.45, 7) is 3.97. The number of hydrogen-bond donors (Lipinski definition) is 0. The monoisotopic (exact) mass is 202 g/mol. The normalized spacial score (nSPS) is 43.5. The number of carbonyl (C=O) groups excluding carboxylic acids is 1. The van der Waals surface area contributed by atoms with Crippen molar-refractivity contribution >= 4 is 5.78 Å². The second-order valence-electron chi connectivity index (χ2n) is 5.36. The van der Waals surface area contributed by atoms with Crippen LogP contribution in [0.5, 0.6) is 0 Å². The summed E-state index contributed by atoms with van der Waals surface area (Å²) in [6.07, 6.45) is 10.1. The Morgan fingerprint density at radius 3 is 2.93 bits per heavy atom. The van der Waals surface area contributed by atoms with Crippen molar-refractivity contribution in [1.82, 2.24) is 0 Å². The lowest BCUT2D eigenvalue weighted by atomic mass is 9.71. The third-order valence-electron chi connectivity index (χ3n) is 4.71. The van der Waals surface area contributed by atoms with Gasteiger partial charge in [-0.3, -0.25) is 4.79 Å². The lowest BCUT2D eigenvalue weighted by Gasteiger charge is -2.33. The molecule has 0 N–H and O–H groups in total. The summed E-state index contributed by atoms with van der Waals surface area (Å²) < 4.78 is 0. The van der Waals surface area contributed by atoms with Crippen LogP contribution in [0.1, 0.15) is 32.1 Å². The van der Waals surface area contributed by atoms with Crippen LogP contribution in [0.4, 0.5) is 0 Å². The minimum Gasteiger partial charge on any atom is -0.295 e. The largest absolute Gasteiger partial charge is 0.295 e. The van der Waals surface area contributed by atoms with Crippen LogP contribution >= 0.6 is 0 Å². The standard InChI is InChI=1S/C14H18O/c1-2-9-4-3-5-12-13(9)7-10-6-11(15)8-14(10)12/h2,6,9,12-14H,1,3-5,7-8H2/t9-,12-,13+,14-/m1/s1. The lowest BCUT2D eigenvalue weighted by molar-refractivity contribution is -0.114. The minimum absolute atomic E-state index is 0.370. The average Bonchev–Trinajstić information content (AvgIpc) is 2.73. The molecule has 0 aromatic rings. The summed E-state index contributed by atoms with van der Waals surface area (Å²) in [5.41, 5.74) is 1.46. The van der Waals surface area contributed by atoms with Gasteiger partial charge in [0, 0.05) is 6.42 Å².